The summed E-state index contributed by atoms with van der Waals surface area (Å²) in [5.41, 5.74) is 15.9. The first kappa shape index (κ1) is 38.3. The van der Waals surface area contributed by atoms with Crippen LogP contribution in [0.15, 0.2) is 237 Å². The number of benzene rings is 8. The van der Waals surface area contributed by atoms with Crippen molar-refractivity contribution < 1.29 is 0 Å². The molecule has 0 atom stereocenters. The van der Waals surface area contributed by atoms with Gasteiger partial charge in [-0.3, -0.25) is 4.98 Å². The SMILES string of the molecule is c1ccc(-c2cc(-c3ccccc3-c3cccc(-c4cccc(-c5nc(-c6ccccc6)cc(-c6cccc7ccccc67)n5)c4)c3-c3ccncc3)nc(-c3ccccc3)n2)cc1. The maximum atomic E-state index is 5.30. The second-order valence-electron chi connectivity index (χ2n) is 15.6. The maximum Gasteiger partial charge on any atom is 0.160 e. The molecule has 3 heterocycles. The number of rotatable bonds is 9. The monoisotopic (exact) mass is 817 g/mol. The van der Waals surface area contributed by atoms with Crippen LogP contribution >= 0.6 is 0 Å². The van der Waals surface area contributed by atoms with Crippen molar-refractivity contribution in [1.29, 1.82) is 0 Å². The van der Waals surface area contributed by atoms with Crippen LogP contribution in [0.5, 0.6) is 0 Å². The van der Waals surface area contributed by atoms with Gasteiger partial charge in [-0.05, 0) is 74.5 Å². The number of aromatic nitrogens is 5. The smallest absolute Gasteiger partial charge is 0.160 e. The number of nitrogens with zero attached hydrogens (tertiary/aromatic N) is 5. The predicted octanol–water partition coefficient (Wildman–Crippen LogP) is 14.8. The number of fused-ring (bicyclic) bond motifs is 1. The van der Waals surface area contributed by atoms with Gasteiger partial charge in [0.15, 0.2) is 11.6 Å². The molecule has 0 unspecified atom stereocenters. The molecular weight excluding hydrogens is 779 g/mol. The normalized spacial score (nSPS) is 11.1. The predicted molar refractivity (Wildman–Crippen MR) is 262 cm³/mol. The number of hydrogen-bond donors (Lipinski definition) is 0. The molecule has 5 nitrogen and oxygen atoms in total. The van der Waals surface area contributed by atoms with Crippen molar-refractivity contribution in [3.8, 4) is 101 Å². The molecule has 0 bridgehead atoms. The lowest BCUT2D eigenvalue weighted by Gasteiger charge is -2.19. The van der Waals surface area contributed by atoms with Gasteiger partial charge < -0.3 is 0 Å². The molecule has 11 rings (SSSR count). The van der Waals surface area contributed by atoms with Crippen molar-refractivity contribution in [2.45, 2.75) is 0 Å². The van der Waals surface area contributed by atoms with Crippen LogP contribution in [-0.4, -0.2) is 24.9 Å². The van der Waals surface area contributed by atoms with Crippen LogP contribution in [-0.2, 0) is 0 Å². The molecule has 0 N–H and O–H groups in total. The van der Waals surface area contributed by atoms with E-state index in [1.54, 1.807) is 0 Å². The molecule has 8 aromatic carbocycles. The van der Waals surface area contributed by atoms with Gasteiger partial charge >= 0.3 is 0 Å². The van der Waals surface area contributed by atoms with Gasteiger partial charge in [0.05, 0.1) is 22.8 Å². The molecule has 300 valence electrons. The van der Waals surface area contributed by atoms with Gasteiger partial charge in [0.1, 0.15) is 0 Å². The van der Waals surface area contributed by atoms with E-state index in [2.05, 4.69) is 187 Å². The minimum absolute atomic E-state index is 0.658. The Morgan fingerprint density at radius 1 is 0.250 bits per heavy atom. The Morgan fingerprint density at radius 2 is 0.703 bits per heavy atom. The van der Waals surface area contributed by atoms with E-state index >= 15 is 0 Å². The molecule has 11 aromatic rings. The minimum atomic E-state index is 0.658. The summed E-state index contributed by atoms with van der Waals surface area (Å²) in [6.07, 6.45) is 3.72. The zero-order valence-electron chi connectivity index (χ0n) is 34.8. The van der Waals surface area contributed by atoms with Crippen LogP contribution < -0.4 is 0 Å². The van der Waals surface area contributed by atoms with E-state index in [1.165, 1.54) is 5.39 Å². The molecule has 0 fully saturated rings. The Balaban J connectivity index is 1.08. The Bertz CT molecular complexity index is 3360. The third-order valence-corrected chi connectivity index (χ3v) is 11.6. The van der Waals surface area contributed by atoms with E-state index in [4.69, 9.17) is 19.9 Å². The summed E-state index contributed by atoms with van der Waals surface area (Å²) in [5.74, 6) is 1.33. The molecule has 0 aliphatic carbocycles. The average Bonchev–Trinajstić information content (AvgIpc) is 3.39. The summed E-state index contributed by atoms with van der Waals surface area (Å²) in [7, 11) is 0. The van der Waals surface area contributed by atoms with Crippen LogP contribution in [0.1, 0.15) is 0 Å². The van der Waals surface area contributed by atoms with Crippen molar-refractivity contribution in [2.75, 3.05) is 0 Å². The first-order chi connectivity index (χ1) is 31.7. The van der Waals surface area contributed by atoms with E-state index in [1.807, 2.05) is 54.9 Å². The molecular formula is C59H39N5. The lowest BCUT2D eigenvalue weighted by atomic mass is 9.85. The molecule has 0 aliphatic rings. The average molecular weight is 818 g/mol. The molecule has 5 heteroatoms. The van der Waals surface area contributed by atoms with Crippen LogP contribution in [0, 0.1) is 0 Å². The van der Waals surface area contributed by atoms with E-state index in [9.17, 15) is 0 Å². The quantitative estimate of drug-likeness (QED) is 0.145. The molecule has 3 aromatic heterocycles. The Hall–Kier alpha value is -8.67. The first-order valence-electron chi connectivity index (χ1n) is 21.4. The number of pyridine rings is 1. The molecule has 0 saturated carbocycles. The van der Waals surface area contributed by atoms with Crippen molar-refractivity contribution in [2.24, 2.45) is 0 Å². The van der Waals surface area contributed by atoms with E-state index in [0.717, 1.165) is 94.9 Å². The van der Waals surface area contributed by atoms with Crippen LogP contribution in [0.4, 0.5) is 0 Å². The van der Waals surface area contributed by atoms with Gasteiger partial charge in [0.2, 0.25) is 0 Å². The van der Waals surface area contributed by atoms with Gasteiger partial charge in [-0.15, -0.1) is 0 Å². The first-order valence-corrected chi connectivity index (χ1v) is 21.4. The molecule has 0 spiro atoms. The van der Waals surface area contributed by atoms with Gasteiger partial charge in [-0.1, -0.05) is 194 Å². The lowest BCUT2D eigenvalue weighted by Crippen LogP contribution is -1.98. The third kappa shape index (κ3) is 7.52. The zero-order chi connectivity index (χ0) is 42.7. The van der Waals surface area contributed by atoms with Crippen molar-refractivity contribution in [3.05, 3.63) is 237 Å². The zero-order valence-corrected chi connectivity index (χ0v) is 34.8. The van der Waals surface area contributed by atoms with Crippen LogP contribution in [0.3, 0.4) is 0 Å². The maximum absolute atomic E-state index is 5.30. The highest BCUT2D eigenvalue weighted by Crippen LogP contribution is 2.44. The standard InChI is InChI=1S/C59H39N5/c1-4-18-41(19-5-1)53-39-56(63-58(61-53)44-22-8-3-9-23-44)51-29-13-12-28-49(51)52-32-16-30-48(57(52)43-33-35-60-36-34-43)45-25-14-26-46(37-45)59-62-54(42-20-6-2-7-21-42)38-55(64-59)50-31-15-24-40-17-10-11-27-47(40)50/h1-39H. The van der Waals surface area contributed by atoms with E-state index < -0.39 is 0 Å². The second-order valence-corrected chi connectivity index (χ2v) is 15.6. The van der Waals surface area contributed by atoms with Crippen molar-refractivity contribution in [3.63, 3.8) is 0 Å². The topological polar surface area (TPSA) is 64.5 Å². The van der Waals surface area contributed by atoms with Crippen molar-refractivity contribution >= 4 is 10.8 Å². The molecule has 0 saturated heterocycles. The summed E-state index contributed by atoms with van der Waals surface area (Å²) in [6.45, 7) is 0. The molecule has 0 radical (unpaired) electrons. The third-order valence-electron chi connectivity index (χ3n) is 11.6. The van der Waals surface area contributed by atoms with Gasteiger partial charge in [-0.2, -0.15) is 0 Å². The summed E-state index contributed by atoms with van der Waals surface area (Å²) in [6, 6.07) is 77.8. The number of hydrogen-bond acceptors (Lipinski definition) is 5. The summed E-state index contributed by atoms with van der Waals surface area (Å²) >= 11 is 0. The fraction of sp³-hybridized carbons (Fsp3) is 0. The highest BCUT2D eigenvalue weighted by atomic mass is 14.9. The van der Waals surface area contributed by atoms with Crippen LogP contribution in [0.25, 0.3) is 112 Å². The van der Waals surface area contributed by atoms with Crippen molar-refractivity contribution in [1.82, 2.24) is 24.9 Å². The fourth-order valence-electron chi connectivity index (χ4n) is 8.59. The largest absolute Gasteiger partial charge is 0.265 e. The van der Waals surface area contributed by atoms with Gasteiger partial charge in [-0.25, -0.2) is 19.9 Å². The van der Waals surface area contributed by atoms with E-state index in [-0.39, 0.29) is 0 Å². The molecule has 0 amide bonds. The van der Waals surface area contributed by atoms with Crippen LogP contribution in [0.2, 0.25) is 0 Å². The summed E-state index contributed by atoms with van der Waals surface area (Å²) in [4.78, 5) is 25.3. The van der Waals surface area contributed by atoms with E-state index in [0.29, 0.717) is 11.6 Å². The Labute approximate surface area is 372 Å². The highest BCUT2D eigenvalue weighted by molar-refractivity contribution is 5.99. The highest BCUT2D eigenvalue weighted by Gasteiger charge is 2.20. The summed E-state index contributed by atoms with van der Waals surface area (Å²) < 4.78 is 0. The molecule has 0 aliphatic heterocycles. The lowest BCUT2D eigenvalue weighted by molar-refractivity contribution is 1.18. The Morgan fingerprint density at radius 3 is 1.41 bits per heavy atom. The summed E-state index contributed by atoms with van der Waals surface area (Å²) in [5, 5.41) is 2.32. The molecule has 64 heavy (non-hydrogen) atoms. The van der Waals surface area contributed by atoms with Gasteiger partial charge in [0.25, 0.3) is 0 Å². The minimum Gasteiger partial charge on any atom is -0.265 e. The van der Waals surface area contributed by atoms with Gasteiger partial charge in [0, 0.05) is 45.8 Å². The fourth-order valence-corrected chi connectivity index (χ4v) is 8.59. The second kappa shape index (κ2) is 17.0. The Kier molecular flexibility index (Phi) is 10.2.